The molecular weight excluding hydrogens is 562 g/mol. The Balaban J connectivity index is 1.38. The predicted octanol–water partition coefficient (Wildman–Crippen LogP) is 3.69. The molecule has 0 atom stereocenters. The molecule has 2 aliphatic rings. The number of nitrogens with zero attached hydrogens (tertiary/aromatic N) is 2. The van der Waals surface area contributed by atoms with Crippen molar-refractivity contribution >= 4 is 49.8 Å². The van der Waals surface area contributed by atoms with Crippen molar-refractivity contribution in [2.75, 3.05) is 29.3 Å². The fourth-order valence-electron chi connectivity index (χ4n) is 5.33. The fourth-order valence-corrected chi connectivity index (χ4v) is 8.15. The van der Waals surface area contributed by atoms with Gasteiger partial charge in [-0.2, -0.15) is 0 Å². The van der Waals surface area contributed by atoms with E-state index in [1.165, 1.54) is 46.8 Å². The van der Waals surface area contributed by atoms with Crippen molar-refractivity contribution in [2.45, 2.75) is 51.0 Å². The lowest BCUT2D eigenvalue weighted by atomic mass is 10.0. The number of rotatable bonds is 7. The molecule has 3 heterocycles. The summed E-state index contributed by atoms with van der Waals surface area (Å²) in [4.78, 5) is 41.1. The van der Waals surface area contributed by atoms with Gasteiger partial charge in [0.05, 0.1) is 16.1 Å². The number of carbonyl (C=O) groups excluding carboxylic acids is 3. The lowest BCUT2D eigenvalue weighted by molar-refractivity contribution is -0.119. The second-order valence-corrected chi connectivity index (χ2v) is 13.1. The van der Waals surface area contributed by atoms with Crippen LogP contribution < -0.4 is 20.5 Å². The van der Waals surface area contributed by atoms with Crippen LogP contribution in [0.15, 0.2) is 53.4 Å². The zero-order valence-electron chi connectivity index (χ0n) is 23.0. The lowest BCUT2D eigenvalue weighted by Crippen LogP contribution is -2.41. The van der Waals surface area contributed by atoms with Gasteiger partial charge in [-0.15, -0.1) is 11.3 Å². The highest BCUT2D eigenvalue weighted by Crippen LogP contribution is 2.38. The summed E-state index contributed by atoms with van der Waals surface area (Å²) in [7, 11) is -3.81. The highest BCUT2D eigenvalue weighted by atomic mass is 32.2. The van der Waals surface area contributed by atoms with Crippen molar-refractivity contribution in [3.63, 3.8) is 0 Å². The Labute approximate surface area is 243 Å². The number of para-hydroxylation sites is 1. The summed E-state index contributed by atoms with van der Waals surface area (Å²) in [5, 5.41) is 3.25. The Morgan fingerprint density at radius 1 is 0.951 bits per heavy atom. The minimum Gasteiger partial charge on any atom is -0.313 e. The quantitative estimate of drug-likeness (QED) is 0.358. The average Bonchev–Trinajstić information content (AvgIpc) is 3.32. The number of hydrogen-bond acceptors (Lipinski definition) is 7. The van der Waals surface area contributed by atoms with Crippen LogP contribution in [0.2, 0.25) is 0 Å². The van der Waals surface area contributed by atoms with Gasteiger partial charge in [-0.25, -0.2) is 8.42 Å². The van der Waals surface area contributed by atoms with Gasteiger partial charge >= 0.3 is 0 Å². The number of amides is 3. The first-order chi connectivity index (χ1) is 19.7. The highest BCUT2D eigenvalue weighted by molar-refractivity contribution is 7.92. The number of benzene rings is 2. The van der Waals surface area contributed by atoms with Gasteiger partial charge in [-0.05, 0) is 73.7 Å². The zero-order chi connectivity index (χ0) is 29.1. The summed E-state index contributed by atoms with van der Waals surface area (Å²) in [6.45, 7) is 6.21. The smallest absolute Gasteiger partial charge is 0.272 e. The van der Waals surface area contributed by atoms with Gasteiger partial charge < -0.3 is 5.32 Å². The maximum atomic E-state index is 13.5. The molecule has 3 amide bonds. The normalized spacial score (nSPS) is 15.0. The van der Waals surface area contributed by atoms with Crippen molar-refractivity contribution in [1.29, 1.82) is 0 Å². The Morgan fingerprint density at radius 3 is 2.44 bits per heavy atom. The summed E-state index contributed by atoms with van der Waals surface area (Å²) < 4.78 is 28.4. The number of carbonyl (C=O) groups is 3. The third kappa shape index (κ3) is 5.99. The Bertz CT molecular complexity index is 1580. The number of anilines is 2. The van der Waals surface area contributed by atoms with Crippen LogP contribution in [0.25, 0.3) is 0 Å². The third-order valence-corrected chi connectivity index (χ3v) is 10.2. The number of fused-ring (bicyclic) bond motifs is 2. The summed E-state index contributed by atoms with van der Waals surface area (Å²) in [5.74, 6) is -1.37. The molecule has 0 unspecified atom stereocenters. The molecule has 0 spiro atoms. The van der Waals surface area contributed by atoms with E-state index in [-0.39, 0.29) is 10.5 Å². The van der Waals surface area contributed by atoms with Crippen molar-refractivity contribution in [3.05, 3.63) is 75.7 Å². The molecule has 5 rings (SSSR count). The molecule has 12 heteroatoms. The largest absolute Gasteiger partial charge is 0.313 e. The fraction of sp³-hybridized carbons (Fsp3) is 0.345. The van der Waals surface area contributed by atoms with Crippen LogP contribution >= 0.6 is 11.3 Å². The molecule has 2 aliphatic heterocycles. The van der Waals surface area contributed by atoms with Gasteiger partial charge in [0.15, 0.2) is 0 Å². The first-order valence-corrected chi connectivity index (χ1v) is 15.9. The molecular formula is C29H33N5O5S2. The Morgan fingerprint density at radius 2 is 1.71 bits per heavy atom. The Hall–Kier alpha value is -3.74. The van der Waals surface area contributed by atoms with Crippen LogP contribution in [-0.4, -0.2) is 50.7 Å². The van der Waals surface area contributed by atoms with Gasteiger partial charge in [0, 0.05) is 37.0 Å². The van der Waals surface area contributed by atoms with Crippen LogP contribution in [0.4, 0.5) is 10.7 Å². The van der Waals surface area contributed by atoms with Gasteiger partial charge in [-0.1, -0.05) is 25.1 Å². The van der Waals surface area contributed by atoms with E-state index in [2.05, 4.69) is 28.0 Å². The summed E-state index contributed by atoms with van der Waals surface area (Å²) in [5.41, 5.74) is 7.88. The first-order valence-electron chi connectivity index (χ1n) is 13.6. The van der Waals surface area contributed by atoms with E-state index in [0.717, 1.165) is 48.4 Å². The monoisotopic (exact) mass is 595 g/mol. The van der Waals surface area contributed by atoms with E-state index in [0.29, 0.717) is 35.8 Å². The summed E-state index contributed by atoms with van der Waals surface area (Å²) in [6, 6.07) is 13.3. The Kier molecular flexibility index (Phi) is 8.43. The number of aryl methyl sites for hydroxylation is 1. The summed E-state index contributed by atoms with van der Waals surface area (Å²) in [6.07, 6.45) is 3.22. The molecule has 0 saturated heterocycles. The van der Waals surface area contributed by atoms with Crippen LogP contribution in [0.5, 0.6) is 0 Å². The third-order valence-electron chi connectivity index (χ3n) is 7.25. The van der Waals surface area contributed by atoms with Crippen molar-refractivity contribution in [1.82, 2.24) is 15.8 Å². The number of nitrogens with one attached hydrogen (secondary N) is 3. The molecule has 0 fully saturated rings. The van der Waals surface area contributed by atoms with Gasteiger partial charge in [-0.3, -0.25) is 34.4 Å². The van der Waals surface area contributed by atoms with Crippen LogP contribution in [0.3, 0.4) is 0 Å². The standard InChI is InChI=1S/C29H33N5O5S2/c1-3-15-33-17-14-23-25(18-33)40-29(26(23)28(37)32-31-19(2)35)30-27(36)21-10-12-22(13-11-21)41(38,39)34-16-6-8-20-7-4-5-9-24(20)34/h4-5,7,9-13H,3,6,8,14-18H2,1-2H3,(H,30,36)(H,31,35)(H,32,37). The minimum atomic E-state index is -3.81. The topological polar surface area (TPSA) is 128 Å². The van der Waals surface area contributed by atoms with Crippen molar-refractivity contribution in [3.8, 4) is 0 Å². The highest BCUT2D eigenvalue weighted by Gasteiger charge is 2.31. The number of hydrogen-bond donors (Lipinski definition) is 3. The van der Waals surface area contributed by atoms with Gasteiger partial charge in [0.2, 0.25) is 5.91 Å². The zero-order valence-corrected chi connectivity index (χ0v) is 24.7. The van der Waals surface area contributed by atoms with Crippen molar-refractivity contribution in [2.24, 2.45) is 0 Å². The molecule has 3 aromatic rings. The average molecular weight is 596 g/mol. The van der Waals surface area contributed by atoms with E-state index >= 15 is 0 Å². The molecule has 0 aliphatic carbocycles. The molecule has 216 valence electrons. The molecule has 41 heavy (non-hydrogen) atoms. The van der Waals surface area contributed by atoms with E-state index in [9.17, 15) is 22.8 Å². The van der Waals surface area contributed by atoms with E-state index in [4.69, 9.17) is 0 Å². The predicted molar refractivity (Wildman–Crippen MR) is 159 cm³/mol. The minimum absolute atomic E-state index is 0.101. The number of thiophene rings is 1. The van der Waals surface area contributed by atoms with Crippen LogP contribution in [0.1, 0.15) is 63.4 Å². The maximum absolute atomic E-state index is 13.5. The van der Waals surface area contributed by atoms with E-state index in [1.54, 1.807) is 0 Å². The molecule has 0 saturated carbocycles. The lowest BCUT2D eigenvalue weighted by Gasteiger charge is -2.30. The summed E-state index contributed by atoms with van der Waals surface area (Å²) >= 11 is 1.35. The van der Waals surface area contributed by atoms with Crippen LogP contribution in [-0.2, 0) is 34.2 Å². The van der Waals surface area contributed by atoms with Gasteiger partial charge in [0.1, 0.15) is 5.00 Å². The second-order valence-electron chi connectivity index (χ2n) is 10.2. The molecule has 10 nitrogen and oxygen atoms in total. The van der Waals surface area contributed by atoms with E-state index in [1.807, 2.05) is 24.3 Å². The molecule has 0 bridgehead atoms. The number of sulfonamides is 1. The molecule has 0 radical (unpaired) electrons. The molecule has 2 aromatic carbocycles. The number of hydrazine groups is 1. The van der Waals surface area contributed by atoms with Crippen LogP contribution in [0, 0.1) is 0 Å². The van der Waals surface area contributed by atoms with E-state index < -0.39 is 27.7 Å². The SMILES string of the molecule is CCCN1CCc2c(sc(NC(=O)c3ccc(S(=O)(=O)N4CCCc5ccccc54)cc3)c2C(=O)NNC(C)=O)C1. The first kappa shape index (κ1) is 28.8. The molecule has 3 N–H and O–H groups in total. The van der Waals surface area contributed by atoms with Crippen molar-refractivity contribution < 1.29 is 22.8 Å². The maximum Gasteiger partial charge on any atom is 0.272 e. The molecule has 1 aromatic heterocycles. The second kappa shape index (κ2) is 12.0. The van der Waals surface area contributed by atoms with Gasteiger partial charge in [0.25, 0.3) is 21.8 Å².